The molecule has 1 heterocycles. The molecule has 0 aromatic heterocycles. The molecule has 2 unspecified atom stereocenters. The summed E-state index contributed by atoms with van der Waals surface area (Å²) in [5, 5.41) is 3.59. The summed E-state index contributed by atoms with van der Waals surface area (Å²) in [6, 6.07) is 0. The van der Waals surface area contributed by atoms with Crippen LogP contribution in [0.25, 0.3) is 0 Å². The normalized spacial score (nSPS) is 37.6. The highest BCUT2D eigenvalue weighted by atomic mass is 32.2. The van der Waals surface area contributed by atoms with Crippen molar-refractivity contribution in [1.29, 1.82) is 0 Å². The standard InChI is InChI=1S/C11H21NS/c1-9(2)6-12-7-10-5-11(10)3-4-13-8-11/h9-10,12H,3-8H2,1-2H3. The molecular formula is C11H21NS. The predicted octanol–water partition coefficient (Wildman–Crippen LogP) is 2.38. The first-order valence-electron chi connectivity index (χ1n) is 5.51. The number of thioether (sulfide) groups is 1. The summed E-state index contributed by atoms with van der Waals surface area (Å²) in [4.78, 5) is 0. The lowest BCUT2D eigenvalue weighted by molar-refractivity contribution is 0.469. The van der Waals surface area contributed by atoms with Crippen LogP contribution in [0, 0.1) is 17.3 Å². The topological polar surface area (TPSA) is 12.0 Å². The fourth-order valence-corrected chi connectivity index (χ4v) is 3.97. The molecule has 1 aliphatic heterocycles. The Bertz CT molecular complexity index is 173. The minimum absolute atomic E-state index is 0.799. The molecule has 13 heavy (non-hydrogen) atoms. The Morgan fingerprint density at radius 3 is 3.00 bits per heavy atom. The Balaban J connectivity index is 1.63. The quantitative estimate of drug-likeness (QED) is 0.746. The number of hydrogen-bond acceptors (Lipinski definition) is 2. The van der Waals surface area contributed by atoms with Crippen molar-refractivity contribution in [3.63, 3.8) is 0 Å². The zero-order valence-electron chi connectivity index (χ0n) is 8.81. The van der Waals surface area contributed by atoms with E-state index in [0.29, 0.717) is 0 Å². The Morgan fingerprint density at radius 2 is 2.38 bits per heavy atom. The van der Waals surface area contributed by atoms with E-state index in [2.05, 4.69) is 30.9 Å². The van der Waals surface area contributed by atoms with Crippen molar-refractivity contribution >= 4 is 11.8 Å². The summed E-state index contributed by atoms with van der Waals surface area (Å²) in [5.41, 5.74) is 0.800. The molecular weight excluding hydrogens is 178 g/mol. The van der Waals surface area contributed by atoms with Crippen LogP contribution in [0.3, 0.4) is 0 Å². The van der Waals surface area contributed by atoms with E-state index >= 15 is 0 Å². The van der Waals surface area contributed by atoms with Gasteiger partial charge in [0.15, 0.2) is 0 Å². The van der Waals surface area contributed by atoms with Gasteiger partial charge in [0.05, 0.1) is 0 Å². The largest absolute Gasteiger partial charge is 0.316 e. The van der Waals surface area contributed by atoms with Crippen LogP contribution in [0.4, 0.5) is 0 Å². The van der Waals surface area contributed by atoms with Crippen molar-refractivity contribution in [2.24, 2.45) is 17.3 Å². The third kappa shape index (κ3) is 2.21. The Morgan fingerprint density at radius 1 is 1.54 bits per heavy atom. The zero-order valence-corrected chi connectivity index (χ0v) is 9.62. The average Bonchev–Trinajstić information content (AvgIpc) is 2.54. The lowest BCUT2D eigenvalue weighted by atomic mass is 10.0. The molecule has 1 nitrogen and oxygen atoms in total. The SMILES string of the molecule is CC(C)CNCC1CC12CCSC2. The smallest absolute Gasteiger partial charge is 0.000726 e. The fraction of sp³-hybridized carbons (Fsp3) is 1.00. The van der Waals surface area contributed by atoms with Gasteiger partial charge in [-0.25, -0.2) is 0 Å². The van der Waals surface area contributed by atoms with Gasteiger partial charge in [-0.15, -0.1) is 0 Å². The summed E-state index contributed by atoms with van der Waals surface area (Å²) in [6.45, 7) is 7.03. The molecule has 76 valence electrons. The molecule has 2 aliphatic rings. The van der Waals surface area contributed by atoms with E-state index < -0.39 is 0 Å². The molecule has 0 amide bonds. The van der Waals surface area contributed by atoms with Crippen LogP contribution in [0.5, 0.6) is 0 Å². The van der Waals surface area contributed by atoms with Crippen LogP contribution in [-0.4, -0.2) is 24.6 Å². The molecule has 1 spiro atoms. The van der Waals surface area contributed by atoms with Crippen molar-refractivity contribution in [1.82, 2.24) is 5.32 Å². The highest BCUT2D eigenvalue weighted by molar-refractivity contribution is 7.99. The summed E-state index contributed by atoms with van der Waals surface area (Å²) < 4.78 is 0. The Labute approximate surface area is 86.0 Å². The lowest BCUT2D eigenvalue weighted by Crippen LogP contribution is -2.23. The second-order valence-electron chi connectivity index (χ2n) is 5.12. The van der Waals surface area contributed by atoms with Crippen LogP contribution >= 0.6 is 11.8 Å². The summed E-state index contributed by atoms with van der Waals surface area (Å²) in [5.74, 6) is 4.68. The first-order chi connectivity index (χ1) is 6.23. The molecule has 1 N–H and O–H groups in total. The first-order valence-corrected chi connectivity index (χ1v) is 6.67. The van der Waals surface area contributed by atoms with Gasteiger partial charge < -0.3 is 5.32 Å². The van der Waals surface area contributed by atoms with Crippen LogP contribution < -0.4 is 5.32 Å². The van der Waals surface area contributed by atoms with E-state index in [1.54, 1.807) is 0 Å². The third-order valence-electron chi connectivity index (χ3n) is 3.44. The van der Waals surface area contributed by atoms with Gasteiger partial charge >= 0.3 is 0 Å². The summed E-state index contributed by atoms with van der Waals surface area (Å²) in [6.07, 6.45) is 3.00. The summed E-state index contributed by atoms with van der Waals surface area (Å²) >= 11 is 2.16. The predicted molar refractivity (Wildman–Crippen MR) is 60.2 cm³/mol. The third-order valence-corrected chi connectivity index (χ3v) is 4.71. The van der Waals surface area contributed by atoms with Crippen LogP contribution in [0.1, 0.15) is 26.7 Å². The molecule has 0 radical (unpaired) electrons. The van der Waals surface area contributed by atoms with Gasteiger partial charge in [-0.2, -0.15) is 11.8 Å². The fourth-order valence-electron chi connectivity index (χ4n) is 2.37. The van der Waals surface area contributed by atoms with Gasteiger partial charge in [0.2, 0.25) is 0 Å². The maximum absolute atomic E-state index is 3.59. The molecule has 0 aromatic carbocycles. The van der Waals surface area contributed by atoms with Crippen molar-refractivity contribution in [2.45, 2.75) is 26.7 Å². The van der Waals surface area contributed by atoms with Crippen LogP contribution in [0.2, 0.25) is 0 Å². The average molecular weight is 199 g/mol. The maximum Gasteiger partial charge on any atom is -0.000726 e. The van der Waals surface area contributed by atoms with E-state index in [-0.39, 0.29) is 0 Å². The molecule has 1 aliphatic carbocycles. The Kier molecular flexibility index (Phi) is 2.89. The van der Waals surface area contributed by atoms with Gasteiger partial charge in [0.1, 0.15) is 0 Å². The highest BCUT2D eigenvalue weighted by Gasteiger charge is 2.54. The molecule has 2 fully saturated rings. The molecule has 0 bridgehead atoms. The van der Waals surface area contributed by atoms with Gasteiger partial charge in [-0.3, -0.25) is 0 Å². The molecule has 2 rings (SSSR count). The maximum atomic E-state index is 3.59. The number of rotatable bonds is 4. The first kappa shape index (κ1) is 9.85. The monoisotopic (exact) mass is 199 g/mol. The second kappa shape index (κ2) is 3.82. The molecule has 0 aromatic rings. The van der Waals surface area contributed by atoms with E-state index in [4.69, 9.17) is 0 Å². The lowest BCUT2D eigenvalue weighted by Gasteiger charge is -2.09. The van der Waals surface area contributed by atoms with Crippen LogP contribution in [0.15, 0.2) is 0 Å². The van der Waals surface area contributed by atoms with Crippen LogP contribution in [-0.2, 0) is 0 Å². The summed E-state index contributed by atoms with van der Waals surface area (Å²) in [7, 11) is 0. The van der Waals surface area contributed by atoms with E-state index in [0.717, 1.165) is 17.3 Å². The van der Waals surface area contributed by atoms with E-state index in [1.807, 2.05) is 0 Å². The van der Waals surface area contributed by atoms with Crippen molar-refractivity contribution < 1.29 is 0 Å². The minimum Gasteiger partial charge on any atom is -0.316 e. The van der Waals surface area contributed by atoms with Crippen molar-refractivity contribution in [3.8, 4) is 0 Å². The van der Waals surface area contributed by atoms with Crippen molar-refractivity contribution in [2.75, 3.05) is 24.6 Å². The van der Waals surface area contributed by atoms with Crippen molar-refractivity contribution in [3.05, 3.63) is 0 Å². The molecule has 1 saturated carbocycles. The van der Waals surface area contributed by atoms with E-state index in [1.165, 1.54) is 37.4 Å². The molecule has 1 saturated heterocycles. The number of hydrogen-bond donors (Lipinski definition) is 1. The molecule has 2 heteroatoms. The van der Waals surface area contributed by atoms with Gasteiger partial charge in [0.25, 0.3) is 0 Å². The van der Waals surface area contributed by atoms with Gasteiger partial charge in [-0.05, 0) is 54.7 Å². The molecule has 2 atom stereocenters. The number of nitrogens with one attached hydrogen (secondary N) is 1. The van der Waals surface area contributed by atoms with Gasteiger partial charge in [-0.1, -0.05) is 13.8 Å². The van der Waals surface area contributed by atoms with Gasteiger partial charge in [0, 0.05) is 0 Å². The Hall–Kier alpha value is 0.310. The second-order valence-corrected chi connectivity index (χ2v) is 6.22. The zero-order chi connectivity index (χ0) is 9.31. The highest BCUT2D eigenvalue weighted by Crippen LogP contribution is 2.60. The minimum atomic E-state index is 0.799. The van der Waals surface area contributed by atoms with E-state index in [9.17, 15) is 0 Å².